The van der Waals surface area contributed by atoms with E-state index in [2.05, 4.69) is 96.5 Å². The lowest BCUT2D eigenvalue weighted by Crippen LogP contribution is -2.62. The molecule has 33 heavy (non-hydrogen) atoms. The molecule has 0 radical (unpaired) electrons. The van der Waals surface area contributed by atoms with Crippen LogP contribution in [0.25, 0.3) is 22.4 Å². The number of ether oxygens (including phenoxy) is 1. The van der Waals surface area contributed by atoms with Gasteiger partial charge in [0.1, 0.15) is 12.3 Å². The van der Waals surface area contributed by atoms with Crippen molar-refractivity contribution in [1.29, 1.82) is 0 Å². The van der Waals surface area contributed by atoms with E-state index in [4.69, 9.17) is 14.7 Å². The predicted octanol–water partition coefficient (Wildman–Crippen LogP) is 5.44. The quantitative estimate of drug-likeness (QED) is 0.330. The maximum absolute atomic E-state index is 6.09. The highest BCUT2D eigenvalue weighted by atomic mass is 127. The van der Waals surface area contributed by atoms with Crippen LogP contribution in [0, 0.1) is 0 Å². The number of hydrogen-bond acceptors (Lipinski definition) is 6. The number of halogens is 1. The Morgan fingerprint density at radius 3 is 2.61 bits per heavy atom. The highest BCUT2D eigenvalue weighted by Crippen LogP contribution is 2.39. The van der Waals surface area contributed by atoms with Gasteiger partial charge in [0.2, 0.25) is 5.88 Å². The maximum Gasteiger partial charge on any atom is 0.242 e. The van der Waals surface area contributed by atoms with Gasteiger partial charge in [-0.25, -0.2) is 9.44 Å². The SMILES string of the molecule is CN(c1cnc2c(n1)OCc1cc(-c3cnn(PI)c3)ccc1-2)C1CC(C)(C)NC(C)(C)C1. The van der Waals surface area contributed by atoms with Gasteiger partial charge in [-0.1, -0.05) is 12.1 Å². The van der Waals surface area contributed by atoms with Gasteiger partial charge in [0.25, 0.3) is 0 Å². The molecule has 0 amide bonds. The highest BCUT2D eigenvalue weighted by Gasteiger charge is 2.39. The van der Waals surface area contributed by atoms with Crippen molar-refractivity contribution < 1.29 is 4.74 Å². The van der Waals surface area contributed by atoms with Crippen LogP contribution in [-0.4, -0.2) is 43.7 Å². The van der Waals surface area contributed by atoms with Crippen molar-refractivity contribution in [1.82, 2.24) is 24.8 Å². The summed E-state index contributed by atoms with van der Waals surface area (Å²) in [6, 6.07) is 6.82. The lowest BCUT2D eigenvalue weighted by atomic mass is 9.79. The smallest absolute Gasteiger partial charge is 0.242 e. The molecular weight excluding hydrogens is 546 g/mol. The predicted molar refractivity (Wildman–Crippen MR) is 143 cm³/mol. The molecule has 2 aliphatic rings. The summed E-state index contributed by atoms with van der Waals surface area (Å²) in [6.07, 6.45) is 8.57. The molecule has 1 aromatic carbocycles. The van der Waals surface area contributed by atoms with Gasteiger partial charge in [0, 0.05) is 41.5 Å². The van der Waals surface area contributed by atoms with Crippen LogP contribution in [0.15, 0.2) is 36.8 Å². The van der Waals surface area contributed by atoms with Gasteiger partial charge in [-0.15, -0.1) is 0 Å². The van der Waals surface area contributed by atoms with Gasteiger partial charge in [-0.05, 0) is 79.8 Å². The summed E-state index contributed by atoms with van der Waals surface area (Å²) in [7, 11) is 2.12. The van der Waals surface area contributed by atoms with Crippen LogP contribution in [0.5, 0.6) is 5.88 Å². The van der Waals surface area contributed by atoms with E-state index >= 15 is 0 Å². The molecule has 3 aromatic rings. The summed E-state index contributed by atoms with van der Waals surface area (Å²) in [5.74, 6) is 1.48. The molecule has 2 aliphatic heterocycles. The first-order chi connectivity index (χ1) is 15.6. The summed E-state index contributed by atoms with van der Waals surface area (Å²) >= 11 is 2.33. The summed E-state index contributed by atoms with van der Waals surface area (Å²) in [4.78, 5) is 12.0. The molecule has 0 bridgehead atoms. The summed E-state index contributed by atoms with van der Waals surface area (Å²) < 4.78 is 8.05. The fourth-order valence-electron chi connectivity index (χ4n) is 5.34. The molecule has 0 saturated carbocycles. The monoisotopic (exact) mass is 576 g/mol. The maximum atomic E-state index is 6.09. The Bertz CT molecular complexity index is 1180. The first-order valence-electron chi connectivity index (χ1n) is 11.2. The molecule has 174 valence electrons. The molecule has 4 heterocycles. The van der Waals surface area contributed by atoms with Crippen molar-refractivity contribution in [2.24, 2.45) is 0 Å². The van der Waals surface area contributed by atoms with E-state index in [-0.39, 0.29) is 11.1 Å². The Hall–Kier alpha value is -1.77. The van der Waals surface area contributed by atoms with E-state index in [1.54, 1.807) is 0 Å². The standard InChI is InChI=1S/C24H30IN6OP/c1-23(2)9-18(10-24(3,4)29-23)30(5)20-12-26-21-19-7-6-15(17-11-27-31(13-17)33-25)8-16(19)14-32-22(21)28-20/h6-8,11-13,18,29,33H,9-10,14H2,1-5H3. The molecule has 7 nitrogen and oxygen atoms in total. The second kappa shape index (κ2) is 8.47. The molecule has 1 unspecified atom stereocenters. The number of piperidine rings is 1. The molecule has 1 N–H and O–H groups in total. The summed E-state index contributed by atoms with van der Waals surface area (Å²) in [5.41, 5.74) is 5.43. The molecule has 1 atom stereocenters. The van der Waals surface area contributed by atoms with Crippen molar-refractivity contribution in [2.75, 3.05) is 11.9 Å². The van der Waals surface area contributed by atoms with Crippen molar-refractivity contribution in [2.45, 2.75) is 64.3 Å². The number of nitrogens with one attached hydrogen (secondary N) is 1. The third-order valence-electron chi connectivity index (χ3n) is 6.53. The number of anilines is 1. The number of aromatic nitrogens is 4. The Morgan fingerprint density at radius 2 is 1.91 bits per heavy atom. The van der Waals surface area contributed by atoms with Crippen LogP contribution in [-0.2, 0) is 6.61 Å². The fraction of sp³-hybridized carbons (Fsp3) is 0.458. The van der Waals surface area contributed by atoms with Crippen molar-refractivity contribution in [3.8, 4) is 28.3 Å². The molecule has 5 rings (SSSR count). The number of nitrogens with zero attached hydrogens (tertiary/aromatic N) is 5. The van der Waals surface area contributed by atoms with Crippen LogP contribution in [0.4, 0.5) is 5.82 Å². The molecule has 0 aliphatic carbocycles. The summed E-state index contributed by atoms with van der Waals surface area (Å²) in [6.45, 7) is 9.58. The minimum atomic E-state index is 0.0725. The first-order valence-corrected chi connectivity index (χ1v) is 15.3. The third kappa shape index (κ3) is 4.62. The van der Waals surface area contributed by atoms with Gasteiger partial charge in [-0.3, -0.25) is 0 Å². The lowest BCUT2D eigenvalue weighted by Gasteiger charge is -2.49. The normalized spacial score (nSPS) is 19.2. The van der Waals surface area contributed by atoms with Gasteiger partial charge in [0.05, 0.1) is 18.8 Å². The van der Waals surface area contributed by atoms with Gasteiger partial charge in [-0.2, -0.15) is 10.1 Å². The minimum Gasteiger partial charge on any atom is -0.471 e. The average molecular weight is 576 g/mol. The van der Waals surface area contributed by atoms with Crippen LogP contribution < -0.4 is 15.0 Å². The van der Waals surface area contributed by atoms with E-state index in [0.717, 1.165) is 46.6 Å². The van der Waals surface area contributed by atoms with E-state index in [9.17, 15) is 0 Å². The number of benzene rings is 1. The third-order valence-corrected chi connectivity index (χ3v) is 8.43. The van der Waals surface area contributed by atoms with Crippen LogP contribution in [0.2, 0.25) is 0 Å². The Balaban J connectivity index is 1.41. The highest BCUT2D eigenvalue weighted by molar-refractivity contribution is 14.2. The molecular formula is C24H30IN6OP. The minimum absolute atomic E-state index is 0.0725. The van der Waals surface area contributed by atoms with E-state index in [0.29, 0.717) is 24.9 Å². The van der Waals surface area contributed by atoms with E-state index in [1.807, 2.05) is 16.8 Å². The van der Waals surface area contributed by atoms with Gasteiger partial charge in [0.15, 0.2) is 5.82 Å². The van der Waals surface area contributed by atoms with Crippen molar-refractivity contribution >= 4 is 34.2 Å². The average Bonchev–Trinajstić information content (AvgIpc) is 3.25. The zero-order chi connectivity index (χ0) is 23.4. The van der Waals surface area contributed by atoms with Gasteiger partial charge < -0.3 is 15.0 Å². The second-order valence-corrected chi connectivity index (χ2v) is 12.4. The first kappa shape index (κ1) is 23.0. The van der Waals surface area contributed by atoms with Gasteiger partial charge >= 0.3 is 0 Å². The van der Waals surface area contributed by atoms with Crippen molar-refractivity contribution in [3.05, 3.63) is 42.4 Å². The Morgan fingerprint density at radius 1 is 1.15 bits per heavy atom. The van der Waals surface area contributed by atoms with E-state index in [1.165, 1.54) is 0 Å². The van der Waals surface area contributed by atoms with Crippen molar-refractivity contribution in [3.63, 3.8) is 0 Å². The zero-order valence-electron chi connectivity index (χ0n) is 19.7. The second-order valence-electron chi connectivity index (χ2n) is 10.4. The molecule has 2 aromatic heterocycles. The lowest BCUT2D eigenvalue weighted by molar-refractivity contribution is 0.160. The molecule has 9 heteroatoms. The Labute approximate surface area is 210 Å². The molecule has 1 saturated heterocycles. The number of hydrogen-bond donors (Lipinski definition) is 1. The molecule has 1 fully saturated rings. The topological polar surface area (TPSA) is 68.1 Å². The number of rotatable bonds is 4. The van der Waals surface area contributed by atoms with Crippen LogP contribution in [0.3, 0.4) is 0 Å². The van der Waals surface area contributed by atoms with E-state index < -0.39 is 0 Å². The van der Waals surface area contributed by atoms with Crippen LogP contribution >= 0.6 is 28.4 Å². The number of fused-ring (bicyclic) bond motifs is 3. The zero-order valence-corrected chi connectivity index (χ0v) is 22.8. The Kier molecular flexibility index (Phi) is 5.90. The fourth-order valence-corrected chi connectivity index (χ4v) is 6.42. The summed E-state index contributed by atoms with van der Waals surface area (Å²) in [5, 5.41) is 8.16. The largest absolute Gasteiger partial charge is 0.471 e. The van der Waals surface area contributed by atoms with Crippen LogP contribution in [0.1, 0.15) is 46.1 Å². The molecule has 0 spiro atoms.